The summed E-state index contributed by atoms with van der Waals surface area (Å²) in [6, 6.07) is 3.24. The van der Waals surface area contributed by atoms with Crippen LogP contribution in [0.1, 0.15) is 13.8 Å². The van der Waals surface area contributed by atoms with E-state index < -0.39 is 23.8 Å². The van der Waals surface area contributed by atoms with E-state index in [1.807, 2.05) is 13.8 Å². The maximum Gasteiger partial charge on any atom is 0.387 e. The second-order valence-corrected chi connectivity index (χ2v) is 7.04. The van der Waals surface area contributed by atoms with Crippen LogP contribution in [0.25, 0.3) is 0 Å². The third kappa shape index (κ3) is 4.16. The predicted octanol–water partition coefficient (Wildman–Crippen LogP) is 2.83. The zero-order valence-corrected chi connectivity index (χ0v) is 16.2. The van der Waals surface area contributed by atoms with Crippen LogP contribution in [-0.2, 0) is 4.74 Å². The molecule has 1 aromatic rings. The number of halogens is 3. The molecule has 0 fully saturated rings. The van der Waals surface area contributed by atoms with Gasteiger partial charge in [-0.3, -0.25) is 4.90 Å². The summed E-state index contributed by atoms with van der Waals surface area (Å²) < 4.78 is 49.4. The average Bonchev–Trinajstić information content (AvgIpc) is 2.64. The van der Waals surface area contributed by atoms with Crippen LogP contribution < -0.4 is 21.1 Å². The summed E-state index contributed by atoms with van der Waals surface area (Å²) >= 11 is 0. The molecular formula is C19H22F3N5O2. The van der Waals surface area contributed by atoms with Crippen molar-refractivity contribution in [1.82, 2.24) is 4.90 Å². The molecule has 0 aromatic heterocycles. The van der Waals surface area contributed by atoms with Crippen LogP contribution in [-0.4, -0.2) is 36.7 Å². The van der Waals surface area contributed by atoms with E-state index >= 15 is 0 Å². The standard InChI is InChI=1S/C19H22F3N5O2/c1-19(2,28-3)10-26-7-6-11-9-25-18(24)27(15(11)16(26)23)13-5-4-12(20)8-14(13)29-17(21)22/h4-9,17H,10,23H2,1-3H3,(H2,24,25). The Morgan fingerprint density at radius 2 is 1.97 bits per heavy atom. The van der Waals surface area contributed by atoms with E-state index in [1.165, 1.54) is 17.2 Å². The first-order valence-electron chi connectivity index (χ1n) is 8.71. The Kier molecular flexibility index (Phi) is 5.47. The highest BCUT2D eigenvalue weighted by atomic mass is 19.3. The Labute approximate surface area is 166 Å². The third-order valence-electron chi connectivity index (χ3n) is 4.53. The van der Waals surface area contributed by atoms with E-state index in [-0.39, 0.29) is 11.6 Å². The molecule has 2 heterocycles. The zero-order chi connectivity index (χ0) is 21.3. The number of fused-ring (bicyclic) bond motifs is 1. The molecule has 2 aliphatic heterocycles. The van der Waals surface area contributed by atoms with Crippen molar-refractivity contribution in [3.05, 3.63) is 59.6 Å². The second-order valence-electron chi connectivity index (χ2n) is 7.04. The van der Waals surface area contributed by atoms with Gasteiger partial charge in [-0.05, 0) is 32.1 Å². The van der Waals surface area contributed by atoms with Crippen molar-refractivity contribution >= 4 is 11.6 Å². The second kappa shape index (κ2) is 7.70. The molecule has 0 saturated heterocycles. The highest BCUT2D eigenvalue weighted by Crippen LogP contribution is 2.38. The largest absolute Gasteiger partial charge is 0.432 e. The fourth-order valence-corrected chi connectivity index (χ4v) is 2.99. The molecule has 0 spiro atoms. The first-order valence-corrected chi connectivity index (χ1v) is 8.71. The van der Waals surface area contributed by atoms with Crippen molar-refractivity contribution in [3.8, 4) is 5.75 Å². The number of methoxy groups -OCH3 is 1. The van der Waals surface area contributed by atoms with Gasteiger partial charge in [0.25, 0.3) is 0 Å². The molecule has 29 heavy (non-hydrogen) atoms. The number of hydrogen-bond acceptors (Lipinski definition) is 7. The topological polar surface area (TPSA) is 89.3 Å². The molecule has 0 radical (unpaired) electrons. The quantitative estimate of drug-likeness (QED) is 0.751. The lowest BCUT2D eigenvalue weighted by Gasteiger charge is -2.38. The van der Waals surface area contributed by atoms with Crippen molar-refractivity contribution in [2.75, 3.05) is 18.6 Å². The maximum atomic E-state index is 13.7. The SMILES string of the molecule is COC(C)(C)CN1C=CC2=CN=C(N)N(c3ccc(F)cc3OC(F)F)C2=C1N. The Bertz CT molecular complexity index is 924. The van der Waals surface area contributed by atoms with Gasteiger partial charge < -0.3 is 25.8 Å². The van der Waals surface area contributed by atoms with Crippen LogP contribution in [0, 0.1) is 5.82 Å². The van der Waals surface area contributed by atoms with E-state index in [2.05, 4.69) is 9.73 Å². The number of anilines is 1. The van der Waals surface area contributed by atoms with Gasteiger partial charge in [-0.25, -0.2) is 9.38 Å². The minimum atomic E-state index is -3.15. The van der Waals surface area contributed by atoms with Gasteiger partial charge in [-0.1, -0.05) is 0 Å². The summed E-state index contributed by atoms with van der Waals surface area (Å²) in [4.78, 5) is 7.21. The number of hydrogen-bond donors (Lipinski definition) is 2. The van der Waals surface area contributed by atoms with E-state index in [9.17, 15) is 13.2 Å². The van der Waals surface area contributed by atoms with Gasteiger partial charge in [-0.2, -0.15) is 8.78 Å². The summed E-state index contributed by atoms with van der Waals surface area (Å²) in [5, 5.41) is 0. The van der Waals surface area contributed by atoms with E-state index in [1.54, 1.807) is 24.3 Å². The molecule has 1 aromatic carbocycles. The van der Waals surface area contributed by atoms with E-state index in [4.69, 9.17) is 16.2 Å². The molecular weight excluding hydrogens is 387 g/mol. The van der Waals surface area contributed by atoms with Crippen molar-refractivity contribution < 1.29 is 22.6 Å². The maximum absolute atomic E-state index is 13.7. The Hall–Kier alpha value is -3.14. The summed E-state index contributed by atoms with van der Waals surface area (Å²) in [5.74, 6) is -0.854. The van der Waals surface area contributed by atoms with Crippen LogP contribution >= 0.6 is 0 Å². The van der Waals surface area contributed by atoms with Crippen molar-refractivity contribution in [2.24, 2.45) is 16.5 Å². The number of rotatable bonds is 6. The van der Waals surface area contributed by atoms with Crippen molar-refractivity contribution in [1.29, 1.82) is 0 Å². The summed E-state index contributed by atoms with van der Waals surface area (Å²) in [7, 11) is 1.59. The highest BCUT2D eigenvalue weighted by Gasteiger charge is 2.33. The molecule has 0 aliphatic carbocycles. The number of aliphatic imine (C=N–C) groups is 1. The summed E-state index contributed by atoms with van der Waals surface area (Å²) in [6.07, 6.45) is 5.04. The molecule has 10 heteroatoms. The van der Waals surface area contributed by atoms with Crippen LogP contribution in [0.3, 0.4) is 0 Å². The van der Waals surface area contributed by atoms with Crippen molar-refractivity contribution in [2.45, 2.75) is 26.1 Å². The molecule has 0 bridgehead atoms. The van der Waals surface area contributed by atoms with Crippen LogP contribution in [0.15, 0.2) is 58.8 Å². The van der Waals surface area contributed by atoms with E-state index in [0.717, 1.165) is 12.1 Å². The number of guanidine groups is 1. The molecule has 3 rings (SSSR count). The lowest BCUT2D eigenvalue weighted by atomic mass is 10.0. The molecule has 0 amide bonds. The molecule has 7 nitrogen and oxygen atoms in total. The monoisotopic (exact) mass is 409 g/mol. The Morgan fingerprint density at radius 3 is 2.62 bits per heavy atom. The lowest BCUT2D eigenvalue weighted by Crippen LogP contribution is -2.46. The molecule has 0 unspecified atom stereocenters. The molecule has 0 atom stereocenters. The van der Waals surface area contributed by atoms with Crippen molar-refractivity contribution in [3.63, 3.8) is 0 Å². The van der Waals surface area contributed by atoms with Gasteiger partial charge in [0.15, 0.2) is 5.75 Å². The van der Waals surface area contributed by atoms with Crippen LogP contribution in [0.2, 0.25) is 0 Å². The number of benzene rings is 1. The smallest absolute Gasteiger partial charge is 0.387 e. The molecule has 0 saturated carbocycles. The summed E-state index contributed by atoms with van der Waals surface area (Å²) in [5.41, 5.74) is 13.0. The van der Waals surface area contributed by atoms with Gasteiger partial charge in [0.05, 0.1) is 23.5 Å². The number of nitrogens with two attached hydrogens (primary N) is 2. The Balaban J connectivity index is 2.10. The minimum absolute atomic E-state index is 0.0290. The number of ether oxygens (including phenoxy) is 2. The lowest BCUT2D eigenvalue weighted by molar-refractivity contribution is -0.0495. The zero-order valence-electron chi connectivity index (χ0n) is 16.2. The highest BCUT2D eigenvalue weighted by molar-refractivity contribution is 6.02. The number of alkyl halides is 2. The third-order valence-corrected chi connectivity index (χ3v) is 4.53. The fourth-order valence-electron chi connectivity index (χ4n) is 2.99. The fraction of sp³-hybridized carbons (Fsp3) is 0.316. The van der Waals surface area contributed by atoms with E-state index in [0.29, 0.717) is 23.6 Å². The number of allylic oxidation sites excluding steroid dienone is 1. The minimum Gasteiger partial charge on any atom is -0.432 e. The first-order chi connectivity index (χ1) is 13.6. The summed E-state index contributed by atoms with van der Waals surface area (Å²) in [6.45, 7) is 1.06. The average molecular weight is 409 g/mol. The van der Waals surface area contributed by atoms with Gasteiger partial charge in [0.2, 0.25) is 5.96 Å². The number of nitrogens with zero attached hydrogens (tertiary/aromatic N) is 3. The first kappa shape index (κ1) is 20.6. The van der Waals surface area contributed by atoms with Gasteiger partial charge in [0, 0.05) is 31.1 Å². The predicted molar refractivity (Wildman–Crippen MR) is 103 cm³/mol. The van der Waals surface area contributed by atoms with Gasteiger partial charge >= 0.3 is 6.61 Å². The normalized spacial score (nSPS) is 16.8. The van der Waals surface area contributed by atoms with Gasteiger partial charge in [-0.15, -0.1) is 0 Å². The van der Waals surface area contributed by atoms with Crippen LogP contribution in [0.5, 0.6) is 5.75 Å². The molecule has 2 aliphatic rings. The molecule has 4 N–H and O–H groups in total. The molecule has 156 valence electrons. The Morgan fingerprint density at radius 1 is 1.24 bits per heavy atom. The van der Waals surface area contributed by atoms with Crippen LogP contribution in [0.4, 0.5) is 18.9 Å². The van der Waals surface area contributed by atoms with Gasteiger partial charge in [0.1, 0.15) is 11.6 Å².